The summed E-state index contributed by atoms with van der Waals surface area (Å²) in [4.78, 5) is 10.5. The number of rotatable bonds is 6. The number of hydrogen-bond donors (Lipinski definition) is 2. The van der Waals surface area contributed by atoms with Crippen LogP contribution in [0.3, 0.4) is 0 Å². The first-order valence-electron chi connectivity index (χ1n) is 8.32. The first-order valence-corrected chi connectivity index (χ1v) is 8.32. The lowest BCUT2D eigenvalue weighted by Gasteiger charge is -2.33. The van der Waals surface area contributed by atoms with Crippen molar-refractivity contribution < 1.29 is 9.47 Å². The molecule has 7 nitrogen and oxygen atoms in total. The number of benzene rings is 2. The molecule has 26 heavy (non-hydrogen) atoms. The Morgan fingerprint density at radius 2 is 1.73 bits per heavy atom. The molecule has 2 aromatic carbocycles. The molecule has 1 aliphatic rings. The summed E-state index contributed by atoms with van der Waals surface area (Å²) in [6, 6.07) is 15.9. The standard InChI is InChI=1S/C19H23N5O2/c1-25-15-9-8-14(12-16(15)26-2)17-22-18(20)23-19(21)24(17)11-10-13-6-4-3-5-7-13/h3-9,12,17H,10-11H2,1-2H3,(H4,20,21,22,23). The monoisotopic (exact) mass is 353 g/mol. The molecule has 0 aliphatic carbocycles. The SMILES string of the molecule is COc1ccc(C2N=C(N)N=C(N)N2CCc2ccccc2)cc1OC. The van der Waals surface area contributed by atoms with Gasteiger partial charge in [-0.2, -0.15) is 4.99 Å². The van der Waals surface area contributed by atoms with Crippen LogP contribution in [0.2, 0.25) is 0 Å². The van der Waals surface area contributed by atoms with E-state index in [2.05, 4.69) is 22.1 Å². The van der Waals surface area contributed by atoms with Crippen molar-refractivity contribution in [3.05, 3.63) is 59.7 Å². The Morgan fingerprint density at radius 3 is 2.42 bits per heavy atom. The van der Waals surface area contributed by atoms with Crippen molar-refractivity contribution in [3.63, 3.8) is 0 Å². The van der Waals surface area contributed by atoms with Crippen LogP contribution in [0.4, 0.5) is 0 Å². The van der Waals surface area contributed by atoms with E-state index in [4.69, 9.17) is 20.9 Å². The highest BCUT2D eigenvalue weighted by Crippen LogP contribution is 2.33. The van der Waals surface area contributed by atoms with Crippen LogP contribution < -0.4 is 20.9 Å². The molecule has 0 radical (unpaired) electrons. The molecule has 0 amide bonds. The molecule has 0 spiro atoms. The number of methoxy groups -OCH3 is 2. The second-order valence-electron chi connectivity index (χ2n) is 5.87. The Labute approximate surface area is 152 Å². The van der Waals surface area contributed by atoms with Gasteiger partial charge in [-0.3, -0.25) is 0 Å². The summed E-state index contributed by atoms with van der Waals surface area (Å²) >= 11 is 0. The van der Waals surface area contributed by atoms with Crippen LogP contribution in [0, 0.1) is 0 Å². The van der Waals surface area contributed by atoms with Crippen molar-refractivity contribution in [3.8, 4) is 11.5 Å². The first-order chi connectivity index (χ1) is 12.6. The summed E-state index contributed by atoms with van der Waals surface area (Å²) in [5.41, 5.74) is 14.1. The topological polar surface area (TPSA) is 98.5 Å². The van der Waals surface area contributed by atoms with E-state index in [-0.39, 0.29) is 12.1 Å². The molecule has 1 atom stereocenters. The Morgan fingerprint density at radius 1 is 1.00 bits per heavy atom. The molecule has 1 aliphatic heterocycles. The van der Waals surface area contributed by atoms with Gasteiger partial charge >= 0.3 is 0 Å². The lowest BCUT2D eigenvalue weighted by molar-refractivity contribution is 0.316. The molecule has 0 saturated carbocycles. The van der Waals surface area contributed by atoms with Crippen LogP contribution in [-0.4, -0.2) is 37.6 Å². The predicted octanol–water partition coefficient (Wildman–Crippen LogP) is 1.89. The second kappa shape index (κ2) is 7.77. The third kappa shape index (κ3) is 3.72. The van der Waals surface area contributed by atoms with E-state index in [0.717, 1.165) is 12.0 Å². The maximum absolute atomic E-state index is 6.15. The van der Waals surface area contributed by atoms with Gasteiger partial charge in [-0.05, 0) is 24.1 Å². The van der Waals surface area contributed by atoms with Crippen molar-refractivity contribution >= 4 is 11.9 Å². The van der Waals surface area contributed by atoms with Crippen LogP contribution in [0.5, 0.6) is 11.5 Å². The lowest BCUT2D eigenvalue weighted by atomic mass is 10.1. The smallest absolute Gasteiger partial charge is 0.220 e. The van der Waals surface area contributed by atoms with Gasteiger partial charge in [-0.25, -0.2) is 4.99 Å². The zero-order valence-electron chi connectivity index (χ0n) is 14.9. The highest BCUT2D eigenvalue weighted by molar-refractivity contribution is 5.95. The predicted molar refractivity (Wildman–Crippen MR) is 102 cm³/mol. The van der Waals surface area contributed by atoms with E-state index >= 15 is 0 Å². The summed E-state index contributed by atoms with van der Waals surface area (Å²) in [5.74, 6) is 1.80. The van der Waals surface area contributed by atoms with E-state index < -0.39 is 0 Å². The van der Waals surface area contributed by atoms with Crippen LogP contribution in [0.25, 0.3) is 0 Å². The molecule has 0 fully saturated rings. The van der Waals surface area contributed by atoms with Gasteiger partial charge in [0.2, 0.25) is 11.9 Å². The van der Waals surface area contributed by atoms with Crippen molar-refractivity contribution in [2.24, 2.45) is 21.5 Å². The summed E-state index contributed by atoms with van der Waals surface area (Å²) in [5, 5.41) is 0. The maximum atomic E-state index is 6.15. The zero-order chi connectivity index (χ0) is 18.5. The summed E-state index contributed by atoms with van der Waals surface area (Å²) in [6.45, 7) is 0.662. The number of ether oxygens (including phenoxy) is 2. The van der Waals surface area contributed by atoms with Gasteiger partial charge in [0, 0.05) is 12.1 Å². The number of hydrogen-bond acceptors (Lipinski definition) is 7. The van der Waals surface area contributed by atoms with Crippen molar-refractivity contribution in [1.82, 2.24) is 4.90 Å². The summed E-state index contributed by atoms with van der Waals surface area (Å²) in [7, 11) is 3.20. The third-order valence-corrected chi connectivity index (χ3v) is 4.26. The minimum absolute atomic E-state index is 0.165. The quantitative estimate of drug-likeness (QED) is 0.826. The molecule has 0 saturated heterocycles. The maximum Gasteiger partial charge on any atom is 0.220 e. The largest absolute Gasteiger partial charge is 0.493 e. The Balaban J connectivity index is 1.88. The lowest BCUT2D eigenvalue weighted by Crippen LogP contribution is -2.45. The van der Waals surface area contributed by atoms with Gasteiger partial charge < -0.3 is 25.8 Å². The molecule has 1 heterocycles. The minimum Gasteiger partial charge on any atom is -0.493 e. The van der Waals surface area contributed by atoms with Gasteiger partial charge in [0.25, 0.3) is 0 Å². The first kappa shape index (κ1) is 17.6. The zero-order valence-corrected chi connectivity index (χ0v) is 14.9. The normalized spacial score (nSPS) is 16.7. The molecule has 136 valence electrons. The van der Waals surface area contributed by atoms with E-state index in [9.17, 15) is 0 Å². The molecule has 0 aromatic heterocycles. The molecule has 1 unspecified atom stereocenters. The van der Waals surface area contributed by atoms with Gasteiger partial charge in [0.05, 0.1) is 14.2 Å². The van der Waals surface area contributed by atoms with E-state index in [1.165, 1.54) is 5.56 Å². The minimum atomic E-state index is -0.365. The van der Waals surface area contributed by atoms with Gasteiger partial charge in [-0.15, -0.1) is 0 Å². The number of aliphatic imine (C=N–C) groups is 2. The highest BCUT2D eigenvalue weighted by Gasteiger charge is 2.26. The fourth-order valence-electron chi connectivity index (χ4n) is 2.93. The molecule has 3 rings (SSSR count). The van der Waals surface area contributed by atoms with E-state index in [1.807, 2.05) is 41.3 Å². The van der Waals surface area contributed by atoms with Crippen molar-refractivity contribution in [1.29, 1.82) is 0 Å². The third-order valence-electron chi connectivity index (χ3n) is 4.26. The Bertz CT molecular complexity index is 820. The summed E-state index contributed by atoms with van der Waals surface area (Å²) in [6.07, 6.45) is 0.451. The molecule has 0 bridgehead atoms. The van der Waals surface area contributed by atoms with Crippen LogP contribution in [0.1, 0.15) is 17.3 Å². The molecule has 2 aromatic rings. The summed E-state index contributed by atoms with van der Waals surface area (Å²) < 4.78 is 10.7. The average molecular weight is 353 g/mol. The highest BCUT2D eigenvalue weighted by atomic mass is 16.5. The van der Waals surface area contributed by atoms with E-state index in [0.29, 0.717) is 24.0 Å². The molecular weight excluding hydrogens is 330 g/mol. The van der Waals surface area contributed by atoms with Crippen molar-refractivity contribution in [2.75, 3.05) is 20.8 Å². The number of nitrogens with zero attached hydrogens (tertiary/aromatic N) is 3. The Kier molecular flexibility index (Phi) is 5.26. The van der Waals surface area contributed by atoms with Crippen LogP contribution in [0.15, 0.2) is 58.5 Å². The Hall–Kier alpha value is -3.22. The van der Waals surface area contributed by atoms with Crippen LogP contribution in [-0.2, 0) is 6.42 Å². The average Bonchev–Trinajstić information content (AvgIpc) is 2.67. The fourth-order valence-corrected chi connectivity index (χ4v) is 2.93. The number of nitrogens with two attached hydrogens (primary N) is 2. The van der Waals surface area contributed by atoms with E-state index in [1.54, 1.807) is 14.2 Å². The fraction of sp³-hybridized carbons (Fsp3) is 0.263. The van der Waals surface area contributed by atoms with Gasteiger partial charge in [-0.1, -0.05) is 36.4 Å². The van der Waals surface area contributed by atoms with Crippen molar-refractivity contribution in [2.45, 2.75) is 12.6 Å². The van der Waals surface area contributed by atoms with Gasteiger partial charge in [0.1, 0.15) is 0 Å². The molecular formula is C19H23N5O2. The van der Waals surface area contributed by atoms with Gasteiger partial charge in [0.15, 0.2) is 17.7 Å². The van der Waals surface area contributed by atoms with Crippen LogP contribution >= 0.6 is 0 Å². The second-order valence-corrected chi connectivity index (χ2v) is 5.87. The number of guanidine groups is 2. The molecule has 7 heteroatoms. The molecule has 4 N–H and O–H groups in total.